The molecule has 0 aliphatic rings. The minimum Gasteiger partial charge on any atom is -0.484 e. The molecule has 0 radical (unpaired) electrons. The zero-order valence-corrected chi connectivity index (χ0v) is 18.4. The van der Waals surface area contributed by atoms with E-state index in [0.717, 1.165) is 22.5 Å². The summed E-state index contributed by atoms with van der Waals surface area (Å²) in [5.41, 5.74) is 3.03. The molecule has 5 heteroatoms. The summed E-state index contributed by atoms with van der Waals surface area (Å²) in [7, 11) is 1.75. The van der Waals surface area contributed by atoms with Crippen LogP contribution in [0.4, 0.5) is 11.4 Å². The van der Waals surface area contributed by atoms with Gasteiger partial charge >= 0.3 is 0 Å². The fraction of sp³-hybridized carbons (Fsp3) is 0.231. The van der Waals surface area contributed by atoms with Gasteiger partial charge in [-0.2, -0.15) is 0 Å². The highest BCUT2D eigenvalue weighted by molar-refractivity contribution is 5.97. The van der Waals surface area contributed by atoms with E-state index in [2.05, 4.69) is 5.32 Å². The normalized spacial score (nSPS) is 11.0. The first-order valence-corrected chi connectivity index (χ1v) is 10.2. The molecular weight excluding hydrogens is 388 g/mol. The summed E-state index contributed by atoms with van der Waals surface area (Å²) in [4.78, 5) is 26.5. The predicted octanol–water partition coefficient (Wildman–Crippen LogP) is 5.38. The van der Waals surface area contributed by atoms with Gasteiger partial charge in [0.25, 0.3) is 5.91 Å². The number of rotatable bonds is 6. The molecule has 5 nitrogen and oxygen atoms in total. The SMILES string of the molecule is CN(C(=O)C(C)(C)C)c1ccc(OCC(=O)Nc2ccccc2-c2ccccc2)cc1. The molecule has 160 valence electrons. The van der Waals surface area contributed by atoms with Crippen LogP contribution in [0.5, 0.6) is 5.75 Å². The first kappa shape index (κ1) is 22.1. The lowest BCUT2D eigenvalue weighted by Gasteiger charge is -2.26. The summed E-state index contributed by atoms with van der Waals surface area (Å²) in [5.74, 6) is 0.344. The molecule has 31 heavy (non-hydrogen) atoms. The van der Waals surface area contributed by atoms with E-state index in [9.17, 15) is 9.59 Å². The van der Waals surface area contributed by atoms with Gasteiger partial charge in [0.15, 0.2) is 6.61 Å². The Kier molecular flexibility index (Phi) is 6.75. The average Bonchev–Trinajstić information content (AvgIpc) is 2.77. The van der Waals surface area contributed by atoms with Crippen LogP contribution < -0.4 is 15.0 Å². The number of carbonyl (C=O) groups is 2. The van der Waals surface area contributed by atoms with Crippen molar-refractivity contribution in [1.29, 1.82) is 0 Å². The molecule has 0 bridgehead atoms. The molecule has 0 saturated carbocycles. The standard InChI is InChI=1S/C26H28N2O3/c1-26(2,3)25(30)28(4)20-14-16-21(17-15-20)31-18-24(29)27-23-13-9-8-12-22(23)19-10-6-5-7-11-19/h5-17H,18H2,1-4H3,(H,27,29). The molecule has 0 aromatic heterocycles. The Labute approximate surface area is 183 Å². The van der Waals surface area contributed by atoms with Gasteiger partial charge in [0.1, 0.15) is 5.75 Å². The Balaban J connectivity index is 1.60. The average molecular weight is 417 g/mol. The molecule has 0 saturated heterocycles. The lowest BCUT2D eigenvalue weighted by atomic mass is 9.95. The molecule has 0 unspecified atom stereocenters. The maximum Gasteiger partial charge on any atom is 0.262 e. The van der Waals surface area contributed by atoms with Crippen LogP contribution in [0, 0.1) is 5.41 Å². The summed E-state index contributed by atoms with van der Waals surface area (Å²) in [6.45, 7) is 5.55. The van der Waals surface area contributed by atoms with E-state index < -0.39 is 5.41 Å². The van der Waals surface area contributed by atoms with Gasteiger partial charge in [0.2, 0.25) is 5.91 Å². The molecule has 2 amide bonds. The van der Waals surface area contributed by atoms with Crippen LogP contribution in [0.15, 0.2) is 78.9 Å². The van der Waals surface area contributed by atoms with Crippen molar-refractivity contribution in [2.24, 2.45) is 5.41 Å². The van der Waals surface area contributed by atoms with Crippen LogP contribution in [-0.4, -0.2) is 25.5 Å². The molecule has 0 spiro atoms. The van der Waals surface area contributed by atoms with Crippen LogP contribution in [0.1, 0.15) is 20.8 Å². The molecule has 1 N–H and O–H groups in total. The van der Waals surface area contributed by atoms with Crippen molar-refractivity contribution >= 4 is 23.2 Å². The first-order valence-electron chi connectivity index (χ1n) is 10.2. The molecule has 0 aliphatic heterocycles. The number of anilines is 2. The van der Waals surface area contributed by atoms with E-state index in [0.29, 0.717) is 5.75 Å². The van der Waals surface area contributed by atoms with Crippen LogP contribution in [-0.2, 0) is 9.59 Å². The van der Waals surface area contributed by atoms with Crippen LogP contribution in [0.25, 0.3) is 11.1 Å². The number of nitrogens with zero attached hydrogens (tertiary/aromatic N) is 1. The third-order valence-electron chi connectivity index (χ3n) is 4.83. The maximum absolute atomic E-state index is 12.5. The smallest absolute Gasteiger partial charge is 0.262 e. The summed E-state index contributed by atoms with van der Waals surface area (Å²) in [6.07, 6.45) is 0. The number of carbonyl (C=O) groups excluding carboxylic acids is 2. The van der Waals surface area contributed by atoms with Crippen molar-refractivity contribution in [1.82, 2.24) is 0 Å². The van der Waals surface area contributed by atoms with Gasteiger partial charge in [-0.25, -0.2) is 0 Å². The number of para-hydroxylation sites is 1. The minimum atomic E-state index is -0.460. The highest BCUT2D eigenvalue weighted by Crippen LogP contribution is 2.28. The second-order valence-electron chi connectivity index (χ2n) is 8.36. The Bertz CT molecular complexity index is 1040. The van der Waals surface area contributed by atoms with Crippen molar-refractivity contribution in [3.8, 4) is 16.9 Å². The third kappa shape index (κ3) is 5.72. The second-order valence-corrected chi connectivity index (χ2v) is 8.36. The number of hydrogen-bond acceptors (Lipinski definition) is 3. The molecular formula is C26H28N2O3. The fourth-order valence-electron chi connectivity index (χ4n) is 3.18. The van der Waals surface area contributed by atoms with E-state index in [1.807, 2.05) is 87.5 Å². The molecule has 3 rings (SSSR count). The summed E-state index contributed by atoms with van der Waals surface area (Å²) < 4.78 is 5.63. The maximum atomic E-state index is 12.5. The Morgan fingerprint density at radius 3 is 2.13 bits per heavy atom. The van der Waals surface area contributed by atoms with E-state index in [-0.39, 0.29) is 18.4 Å². The zero-order valence-electron chi connectivity index (χ0n) is 18.4. The number of amides is 2. The molecule has 3 aromatic rings. The van der Waals surface area contributed by atoms with Crippen molar-refractivity contribution in [2.75, 3.05) is 23.9 Å². The quantitative estimate of drug-likeness (QED) is 0.587. The number of nitrogens with one attached hydrogen (secondary N) is 1. The van der Waals surface area contributed by atoms with Gasteiger partial charge in [-0.05, 0) is 35.9 Å². The van der Waals surface area contributed by atoms with Gasteiger partial charge in [-0.3, -0.25) is 9.59 Å². The number of benzene rings is 3. The highest BCUT2D eigenvalue weighted by atomic mass is 16.5. The summed E-state index contributed by atoms with van der Waals surface area (Å²) in [6, 6.07) is 24.7. The lowest BCUT2D eigenvalue weighted by molar-refractivity contribution is -0.125. The zero-order chi connectivity index (χ0) is 22.4. The van der Waals surface area contributed by atoms with Crippen LogP contribution in [0.2, 0.25) is 0 Å². The largest absolute Gasteiger partial charge is 0.484 e. The second kappa shape index (κ2) is 9.47. The van der Waals surface area contributed by atoms with Gasteiger partial charge in [-0.15, -0.1) is 0 Å². The first-order chi connectivity index (χ1) is 14.8. The van der Waals surface area contributed by atoms with Gasteiger partial charge < -0.3 is 15.0 Å². The molecule has 0 atom stereocenters. The van der Waals surface area contributed by atoms with Gasteiger partial charge in [-0.1, -0.05) is 69.3 Å². The molecule has 0 heterocycles. The molecule has 0 fully saturated rings. The Morgan fingerprint density at radius 2 is 1.48 bits per heavy atom. The Morgan fingerprint density at radius 1 is 0.871 bits per heavy atom. The monoisotopic (exact) mass is 416 g/mol. The third-order valence-corrected chi connectivity index (χ3v) is 4.83. The van der Waals surface area contributed by atoms with Crippen molar-refractivity contribution in [3.63, 3.8) is 0 Å². The minimum absolute atomic E-state index is 0.0256. The van der Waals surface area contributed by atoms with Crippen LogP contribution in [0.3, 0.4) is 0 Å². The lowest BCUT2D eigenvalue weighted by Crippen LogP contribution is -2.36. The number of ether oxygens (including phenoxy) is 1. The van der Waals surface area contributed by atoms with E-state index >= 15 is 0 Å². The molecule has 0 aliphatic carbocycles. The highest BCUT2D eigenvalue weighted by Gasteiger charge is 2.25. The predicted molar refractivity (Wildman–Crippen MR) is 125 cm³/mol. The summed E-state index contributed by atoms with van der Waals surface area (Å²) in [5, 5.41) is 2.92. The topological polar surface area (TPSA) is 58.6 Å². The number of hydrogen-bond donors (Lipinski definition) is 1. The fourth-order valence-corrected chi connectivity index (χ4v) is 3.18. The van der Waals surface area contributed by atoms with Gasteiger partial charge in [0.05, 0.1) is 0 Å². The van der Waals surface area contributed by atoms with Gasteiger partial charge in [0, 0.05) is 29.4 Å². The molecule has 3 aromatic carbocycles. The van der Waals surface area contributed by atoms with Crippen molar-refractivity contribution in [2.45, 2.75) is 20.8 Å². The van der Waals surface area contributed by atoms with Crippen LogP contribution >= 0.6 is 0 Å². The van der Waals surface area contributed by atoms with Crippen molar-refractivity contribution in [3.05, 3.63) is 78.9 Å². The van der Waals surface area contributed by atoms with E-state index in [4.69, 9.17) is 4.74 Å². The van der Waals surface area contributed by atoms with Crippen molar-refractivity contribution < 1.29 is 14.3 Å². The van der Waals surface area contributed by atoms with E-state index in [1.165, 1.54) is 0 Å². The Hall–Kier alpha value is -3.60. The van der Waals surface area contributed by atoms with E-state index in [1.54, 1.807) is 24.1 Å². The summed E-state index contributed by atoms with van der Waals surface area (Å²) >= 11 is 0.